The molecule has 1 N–H and O–H groups in total. The molecule has 0 saturated carbocycles. The highest BCUT2D eigenvalue weighted by molar-refractivity contribution is 9.10. The highest BCUT2D eigenvalue weighted by Gasteiger charge is 2.09. The number of carbonyl (C=O) groups is 1. The molecule has 2 aromatic rings. The van der Waals surface area contributed by atoms with Crippen molar-refractivity contribution in [2.75, 3.05) is 20.8 Å². The SMILES string of the molecule is COc1cc(OC)c(C=NNC(=O)COc2ccc(Cl)cc2Cl)cc1Br. The third-order valence-electron chi connectivity index (χ3n) is 3.15. The van der Waals surface area contributed by atoms with Crippen molar-refractivity contribution in [2.24, 2.45) is 5.10 Å². The normalized spacial score (nSPS) is 10.7. The summed E-state index contributed by atoms with van der Waals surface area (Å²) in [5.74, 6) is 1.08. The van der Waals surface area contributed by atoms with E-state index in [1.54, 1.807) is 31.4 Å². The van der Waals surface area contributed by atoms with Crippen LogP contribution in [0.2, 0.25) is 10.0 Å². The lowest BCUT2D eigenvalue weighted by Crippen LogP contribution is -2.24. The van der Waals surface area contributed by atoms with E-state index in [4.69, 9.17) is 37.4 Å². The Bertz CT molecular complexity index is 831. The Labute approximate surface area is 169 Å². The lowest BCUT2D eigenvalue weighted by atomic mass is 10.2. The van der Waals surface area contributed by atoms with E-state index in [0.29, 0.717) is 32.9 Å². The molecule has 0 atom stereocenters. The van der Waals surface area contributed by atoms with Crippen LogP contribution in [-0.4, -0.2) is 32.9 Å². The first-order chi connectivity index (χ1) is 12.4. The molecular formula is C17H15BrCl2N2O4. The van der Waals surface area contributed by atoms with Crippen molar-refractivity contribution < 1.29 is 19.0 Å². The van der Waals surface area contributed by atoms with Gasteiger partial charge in [0, 0.05) is 16.7 Å². The van der Waals surface area contributed by atoms with E-state index in [2.05, 4.69) is 26.5 Å². The molecule has 2 rings (SSSR count). The lowest BCUT2D eigenvalue weighted by molar-refractivity contribution is -0.123. The standard InChI is InChI=1S/C17H15BrCl2N2O4/c1-24-15-7-16(25-2)12(18)5-10(15)8-21-22-17(23)9-26-14-4-3-11(19)6-13(14)20/h3-8H,9H2,1-2H3,(H,22,23). The molecule has 0 radical (unpaired) electrons. The molecule has 0 heterocycles. The Kier molecular flexibility index (Phi) is 7.56. The first-order valence-electron chi connectivity index (χ1n) is 7.26. The van der Waals surface area contributed by atoms with Crippen LogP contribution in [0.25, 0.3) is 0 Å². The summed E-state index contributed by atoms with van der Waals surface area (Å²) < 4.78 is 16.5. The van der Waals surface area contributed by atoms with Crippen molar-refractivity contribution in [2.45, 2.75) is 0 Å². The van der Waals surface area contributed by atoms with Gasteiger partial charge >= 0.3 is 0 Å². The summed E-state index contributed by atoms with van der Waals surface area (Å²) in [6.45, 7) is -0.248. The molecule has 9 heteroatoms. The number of nitrogens with one attached hydrogen (secondary N) is 1. The molecule has 0 aromatic heterocycles. The fourth-order valence-corrected chi connectivity index (χ4v) is 2.91. The zero-order valence-electron chi connectivity index (χ0n) is 13.9. The van der Waals surface area contributed by atoms with Crippen molar-refractivity contribution in [3.05, 3.63) is 50.4 Å². The van der Waals surface area contributed by atoms with Crippen LogP contribution in [0.5, 0.6) is 17.2 Å². The van der Waals surface area contributed by atoms with Crippen molar-refractivity contribution >= 4 is 51.3 Å². The van der Waals surface area contributed by atoms with Gasteiger partial charge in [-0.2, -0.15) is 5.10 Å². The topological polar surface area (TPSA) is 69.2 Å². The quantitative estimate of drug-likeness (QED) is 0.493. The molecule has 0 aliphatic rings. The van der Waals surface area contributed by atoms with E-state index in [1.165, 1.54) is 19.4 Å². The van der Waals surface area contributed by atoms with E-state index in [0.717, 1.165) is 4.47 Å². The van der Waals surface area contributed by atoms with Crippen LogP contribution in [0.4, 0.5) is 0 Å². The Morgan fingerprint density at radius 3 is 2.54 bits per heavy atom. The van der Waals surface area contributed by atoms with Gasteiger partial charge in [0.25, 0.3) is 5.91 Å². The molecule has 6 nitrogen and oxygen atoms in total. The summed E-state index contributed by atoms with van der Waals surface area (Å²) in [4.78, 5) is 11.8. The average molecular weight is 462 g/mol. The largest absolute Gasteiger partial charge is 0.496 e. The number of rotatable bonds is 7. The third-order valence-corrected chi connectivity index (χ3v) is 4.30. The van der Waals surface area contributed by atoms with Crippen LogP contribution in [0.3, 0.4) is 0 Å². The van der Waals surface area contributed by atoms with Crippen LogP contribution >= 0.6 is 39.1 Å². The minimum absolute atomic E-state index is 0.248. The van der Waals surface area contributed by atoms with Gasteiger partial charge in [-0.1, -0.05) is 23.2 Å². The maximum absolute atomic E-state index is 11.8. The number of halogens is 3. The monoisotopic (exact) mass is 460 g/mol. The zero-order chi connectivity index (χ0) is 19.1. The number of hydrogen-bond acceptors (Lipinski definition) is 5. The summed E-state index contributed by atoms with van der Waals surface area (Å²) in [5, 5.41) is 4.70. The van der Waals surface area contributed by atoms with Gasteiger partial charge in [0.15, 0.2) is 6.61 Å². The molecule has 0 bridgehead atoms. The van der Waals surface area contributed by atoms with E-state index < -0.39 is 5.91 Å². The summed E-state index contributed by atoms with van der Waals surface area (Å²) >= 11 is 15.2. The number of hydrazone groups is 1. The highest BCUT2D eigenvalue weighted by atomic mass is 79.9. The smallest absolute Gasteiger partial charge is 0.277 e. The van der Waals surface area contributed by atoms with Gasteiger partial charge in [-0.25, -0.2) is 5.43 Å². The van der Waals surface area contributed by atoms with Gasteiger partial charge < -0.3 is 14.2 Å². The van der Waals surface area contributed by atoms with Gasteiger partial charge in [-0.3, -0.25) is 4.79 Å². The lowest BCUT2D eigenvalue weighted by Gasteiger charge is -2.09. The highest BCUT2D eigenvalue weighted by Crippen LogP contribution is 2.32. The third kappa shape index (κ3) is 5.52. The Morgan fingerprint density at radius 1 is 1.15 bits per heavy atom. The number of ether oxygens (including phenoxy) is 3. The summed E-state index contributed by atoms with van der Waals surface area (Å²) in [5.41, 5.74) is 3.02. The first kappa shape index (κ1) is 20.4. The van der Waals surface area contributed by atoms with Crippen molar-refractivity contribution in [3.8, 4) is 17.2 Å². The number of hydrogen-bond donors (Lipinski definition) is 1. The molecule has 0 saturated heterocycles. The summed E-state index contributed by atoms with van der Waals surface area (Å²) in [7, 11) is 3.09. The van der Waals surface area contributed by atoms with Gasteiger partial charge in [0.2, 0.25) is 0 Å². The number of carbonyl (C=O) groups excluding carboxylic acids is 1. The van der Waals surface area contributed by atoms with Gasteiger partial charge in [0.05, 0.1) is 29.9 Å². The van der Waals surface area contributed by atoms with Gasteiger partial charge in [-0.05, 0) is 40.2 Å². The number of amides is 1. The van der Waals surface area contributed by atoms with Gasteiger partial charge in [0.1, 0.15) is 17.2 Å². The maximum Gasteiger partial charge on any atom is 0.277 e. The number of methoxy groups -OCH3 is 2. The average Bonchev–Trinajstić information content (AvgIpc) is 2.61. The first-order valence-corrected chi connectivity index (χ1v) is 8.80. The van der Waals surface area contributed by atoms with E-state index >= 15 is 0 Å². The second-order valence-corrected chi connectivity index (χ2v) is 6.58. The number of benzene rings is 2. The molecule has 0 unspecified atom stereocenters. The second-order valence-electron chi connectivity index (χ2n) is 4.89. The minimum atomic E-state index is -0.446. The molecule has 0 fully saturated rings. The van der Waals surface area contributed by atoms with Crippen molar-refractivity contribution in [1.29, 1.82) is 0 Å². The van der Waals surface area contributed by atoms with Crippen LogP contribution < -0.4 is 19.6 Å². The van der Waals surface area contributed by atoms with Crippen molar-refractivity contribution in [3.63, 3.8) is 0 Å². The predicted octanol–water partition coefficient (Wildman–Crippen LogP) is 4.30. The Morgan fingerprint density at radius 2 is 1.88 bits per heavy atom. The van der Waals surface area contributed by atoms with E-state index in [9.17, 15) is 4.79 Å². The Balaban J connectivity index is 1.95. The summed E-state index contributed by atoms with van der Waals surface area (Å²) in [6.07, 6.45) is 1.45. The molecule has 138 valence electrons. The maximum atomic E-state index is 11.8. The van der Waals surface area contributed by atoms with Crippen LogP contribution in [0.1, 0.15) is 5.56 Å². The minimum Gasteiger partial charge on any atom is -0.496 e. The molecule has 0 aliphatic heterocycles. The molecular weight excluding hydrogens is 447 g/mol. The van der Waals surface area contributed by atoms with Crippen LogP contribution in [0.15, 0.2) is 39.9 Å². The molecule has 1 amide bonds. The van der Waals surface area contributed by atoms with Crippen LogP contribution in [-0.2, 0) is 4.79 Å². The zero-order valence-corrected chi connectivity index (χ0v) is 17.0. The predicted molar refractivity (Wildman–Crippen MR) is 105 cm³/mol. The molecule has 2 aromatic carbocycles. The Hall–Kier alpha value is -1.96. The second kappa shape index (κ2) is 9.66. The number of nitrogens with zero attached hydrogens (tertiary/aromatic N) is 1. The van der Waals surface area contributed by atoms with Gasteiger partial charge in [-0.15, -0.1) is 0 Å². The fraction of sp³-hybridized carbons (Fsp3) is 0.176. The van der Waals surface area contributed by atoms with Crippen LogP contribution in [0, 0.1) is 0 Å². The van der Waals surface area contributed by atoms with E-state index in [-0.39, 0.29) is 6.61 Å². The fourth-order valence-electron chi connectivity index (χ4n) is 1.93. The molecule has 0 aliphatic carbocycles. The molecule has 26 heavy (non-hydrogen) atoms. The van der Waals surface area contributed by atoms with Crippen molar-refractivity contribution in [1.82, 2.24) is 5.43 Å². The molecule has 0 spiro atoms. The summed E-state index contributed by atoms with van der Waals surface area (Å²) in [6, 6.07) is 8.20. The van der Waals surface area contributed by atoms with E-state index in [1.807, 2.05) is 0 Å².